The quantitative estimate of drug-likeness (QED) is 0.696. The highest BCUT2D eigenvalue weighted by Gasteiger charge is 2.11. The van der Waals surface area contributed by atoms with Crippen molar-refractivity contribution in [2.24, 2.45) is 0 Å². The standard InChI is InChI=1S/C13H24N4O/c1-4-7-8-9-15-12-11(14)13(18-6-3)17-10(5-2)16-12/h4-9,14H2,1-3H3,(H,15,16,17). The fraction of sp³-hybridized carbons (Fsp3) is 0.692. The maximum absolute atomic E-state index is 6.00. The van der Waals surface area contributed by atoms with E-state index in [0.29, 0.717) is 24.0 Å². The van der Waals surface area contributed by atoms with Crippen LogP contribution in [0.1, 0.15) is 45.9 Å². The number of nitrogen functional groups attached to an aromatic ring is 1. The Bertz CT molecular complexity index is 368. The first-order valence-electron chi connectivity index (χ1n) is 6.75. The molecule has 5 heteroatoms. The van der Waals surface area contributed by atoms with E-state index < -0.39 is 0 Å². The van der Waals surface area contributed by atoms with Crippen LogP contribution in [0.2, 0.25) is 0 Å². The summed E-state index contributed by atoms with van der Waals surface area (Å²) in [4.78, 5) is 8.69. The van der Waals surface area contributed by atoms with Crippen LogP contribution in [0.5, 0.6) is 5.88 Å². The lowest BCUT2D eigenvalue weighted by Crippen LogP contribution is -2.11. The van der Waals surface area contributed by atoms with Gasteiger partial charge in [0.25, 0.3) is 0 Å². The normalized spacial score (nSPS) is 10.4. The molecule has 0 aromatic carbocycles. The van der Waals surface area contributed by atoms with Gasteiger partial charge in [0, 0.05) is 13.0 Å². The summed E-state index contributed by atoms with van der Waals surface area (Å²) < 4.78 is 5.43. The van der Waals surface area contributed by atoms with Crippen molar-refractivity contribution >= 4 is 11.5 Å². The number of unbranched alkanes of at least 4 members (excludes halogenated alkanes) is 2. The Morgan fingerprint density at radius 1 is 1.17 bits per heavy atom. The van der Waals surface area contributed by atoms with E-state index in [1.165, 1.54) is 12.8 Å². The molecule has 102 valence electrons. The molecule has 0 atom stereocenters. The van der Waals surface area contributed by atoms with E-state index in [4.69, 9.17) is 10.5 Å². The maximum Gasteiger partial charge on any atom is 0.242 e. The van der Waals surface area contributed by atoms with Crippen LogP contribution < -0.4 is 15.8 Å². The molecule has 0 aliphatic heterocycles. The van der Waals surface area contributed by atoms with Crippen LogP contribution in [0.4, 0.5) is 11.5 Å². The number of rotatable bonds is 8. The molecule has 0 spiro atoms. The van der Waals surface area contributed by atoms with Gasteiger partial charge in [-0.05, 0) is 13.3 Å². The minimum Gasteiger partial charge on any atom is -0.476 e. The Hall–Kier alpha value is -1.52. The highest BCUT2D eigenvalue weighted by Crippen LogP contribution is 2.26. The summed E-state index contributed by atoms with van der Waals surface area (Å²) >= 11 is 0. The van der Waals surface area contributed by atoms with Gasteiger partial charge in [-0.25, -0.2) is 4.98 Å². The predicted molar refractivity (Wildman–Crippen MR) is 75.0 cm³/mol. The van der Waals surface area contributed by atoms with Crippen molar-refractivity contribution in [3.63, 3.8) is 0 Å². The molecule has 1 heterocycles. The molecule has 1 rings (SSSR count). The molecule has 0 amide bonds. The van der Waals surface area contributed by atoms with Crippen molar-refractivity contribution in [2.75, 3.05) is 24.2 Å². The number of hydrogen-bond acceptors (Lipinski definition) is 5. The van der Waals surface area contributed by atoms with Crippen molar-refractivity contribution in [3.05, 3.63) is 5.82 Å². The van der Waals surface area contributed by atoms with Crippen LogP contribution in [0.3, 0.4) is 0 Å². The van der Waals surface area contributed by atoms with Crippen molar-refractivity contribution in [2.45, 2.75) is 46.5 Å². The Kier molecular flexibility index (Phi) is 6.25. The molecule has 1 aromatic rings. The van der Waals surface area contributed by atoms with Gasteiger partial charge in [0.2, 0.25) is 5.88 Å². The second-order valence-electron chi connectivity index (χ2n) is 4.13. The molecule has 0 aliphatic rings. The van der Waals surface area contributed by atoms with E-state index in [-0.39, 0.29) is 0 Å². The SMILES string of the molecule is CCCCCNc1nc(CC)nc(OCC)c1N. The van der Waals surface area contributed by atoms with E-state index in [1.54, 1.807) is 0 Å². The van der Waals surface area contributed by atoms with Gasteiger partial charge in [-0.15, -0.1) is 0 Å². The molecule has 0 radical (unpaired) electrons. The summed E-state index contributed by atoms with van der Waals surface area (Å²) in [6.45, 7) is 7.55. The van der Waals surface area contributed by atoms with Crippen LogP contribution >= 0.6 is 0 Å². The van der Waals surface area contributed by atoms with Gasteiger partial charge in [0.05, 0.1) is 6.61 Å². The summed E-state index contributed by atoms with van der Waals surface area (Å²) in [5.74, 6) is 1.94. The number of anilines is 2. The maximum atomic E-state index is 6.00. The molecule has 0 unspecified atom stereocenters. The van der Waals surface area contributed by atoms with Gasteiger partial charge in [0.15, 0.2) is 5.82 Å². The number of aromatic nitrogens is 2. The lowest BCUT2D eigenvalue weighted by atomic mass is 10.2. The lowest BCUT2D eigenvalue weighted by molar-refractivity contribution is 0.327. The van der Waals surface area contributed by atoms with Crippen molar-refractivity contribution in [3.8, 4) is 5.88 Å². The second kappa shape index (κ2) is 7.74. The minimum atomic E-state index is 0.488. The van der Waals surface area contributed by atoms with Crippen LogP contribution in [-0.2, 0) is 6.42 Å². The number of nitrogens with zero attached hydrogens (tertiary/aromatic N) is 2. The van der Waals surface area contributed by atoms with E-state index >= 15 is 0 Å². The molecule has 5 nitrogen and oxygen atoms in total. The van der Waals surface area contributed by atoms with Gasteiger partial charge < -0.3 is 15.8 Å². The van der Waals surface area contributed by atoms with Crippen molar-refractivity contribution in [1.29, 1.82) is 0 Å². The van der Waals surface area contributed by atoms with E-state index in [0.717, 1.165) is 25.2 Å². The third-order valence-corrected chi connectivity index (χ3v) is 2.63. The first-order chi connectivity index (χ1) is 8.72. The Labute approximate surface area is 109 Å². The Morgan fingerprint density at radius 3 is 2.56 bits per heavy atom. The van der Waals surface area contributed by atoms with Crippen LogP contribution in [0, 0.1) is 0 Å². The molecule has 0 aliphatic carbocycles. The number of ether oxygens (including phenoxy) is 1. The van der Waals surface area contributed by atoms with Gasteiger partial charge in [-0.2, -0.15) is 4.98 Å². The van der Waals surface area contributed by atoms with Crippen LogP contribution in [0.25, 0.3) is 0 Å². The zero-order valence-electron chi connectivity index (χ0n) is 11.6. The summed E-state index contributed by atoms with van der Waals surface area (Å²) in [6, 6.07) is 0. The third kappa shape index (κ3) is 4.05. The number of aryl methyl sites for hydroxylation is 1. The molecular formula is C13H24N4O. The largest absolute Gasteiger partial charge is 0.476 e. The summed E-state index contributed by atoms with van der Waals surface area (Å²) in [5.41, 5.74) is 6.50. The molecule has 0 fully saturated rings. The van der Waals surface area contributed by atoms with E-state index in [9.17, 15) is 0 Å². The van der Waals surface area contributed by atoms with E-state index in [2.05, 4.69) is 22.2 Å². The van der Waals surface area contributed by atoms with Gasteiger partial charge >= 0.3 is 0 Å². The number of nitrogens with two attached hydrogens (primary N) is 1. The molecule has 3 N–H and O–H groups in total. The first kappa shape index (κ1) is 14.5. The second-order valence-corrected chi connectivity index (χ2v) is 4.13. The Balaban J connectivity index is 2.77. The van der Waals surface area contributed by atoms with Crippen molar-refractivity contribution < 1.29 is 4.74 Å². The lowest BCUT2D eigenvalue weighted by Gasteiger charge is -2.13. The average Bonchev–Trinajstić information content (AvgIpc) is 2.38. The Morgan fingerprint density at radius 2 is 1.94 bits per heavy atom. The summed E-state index contributed by atoms with van der Waals surface area (Å²) in [5, 5.41) is 3.27. The highest BCUT2D eigenvalue weighted by molar-refractivity contribution is 5.66. The van der Waals surface area contributed by atoms with Crippen LogP contribution in [0.15, 0.2) is 0 Å². The van der Waals surface area contributed by atoms with Crippen molar-refractivity contribution in [1.82, 2.24) is 9.97 Å². The monoisotopic (exact) mass is 252 g/mol. The fourth-order valence-corrected chi connectivity index (χ4v) is 1.61. The summed E-state index contributed by atoms with van der Waals surface area (Å²) in [7, 11) is 0. The molecule has 0 saturated heterocycles. The fourth-order valence-electron chi connectivity index (χ4n) is 1.61. The number of hydrogen-bond donors (Lipinski definition) is 2. The zero-order valence-corrected chi connectivity index (χ0v) is 11.6. The highest BCUT2D eigenvalue weighted by atomic mass is 16.5. The molecule has 1 aromatic heterocycles. The first-order valence-corrected chi connectivity index (χ1v) is 6.75. The minimum absolute atomic E-state index is 0.488. The number of nitrogens with one attached hydrogen (secondary N) is 1. The molecule has 18 heavy (non-hydrogen) atoms. The third-order valence-electron chi connectivity index (χ3n) is 2.63. The van der Waals surface area contributed by atoms with Crippen LogP contribution in [-0.4, -0.2) is 23.1 Å². The smallest absolute Gasteiger partial charge is 0.242 e. The molecular weight excluding hydrogens is 228 g/mol. The van der Waals surface area contributed by atoms with Gasteiger partial charge in [-0.1, -0.05) is 26.7 Å². The van der Waals surface area contributed by atoms with Gasteiger partial charge in [-0.3, -0.25) is 0 Å². The molecule has 0 saturated carbocycles. The van der Waals surface area contributed by atoms with Gasteiger partial charge in [0.1, 0.15) is 11.5 Å². The molecule has 0 bridgehead atoms. The summed E-state index contributed by atoms with van der Waals surface area (Å²) in [6.07, 6.45) is 4.29. The van der Waals surface area contributed by atoms with E-state index in [1.807, 2.05) is 13.8 Å². The zero-order chi connectivity index (χ0) is 13.4. The topological polar surface area (TPSA) is 73.1 Å². The predicted octanol–water partition coefficient (Wildman–Crippen LogP) is 2.62. The average molecular weight is 252 g/mol.